The van der Waals surface area contributed by atoms with E-state index in [-0.39, 0.29) is 0 Å². The van der Waals surface area contributed by atoms with E-state index in [9.17, 15) is 5.26 Å². The molecule has 0 N–H and O–H groups in total. The predicted molar refractivity (Wildman–Crippen MR) is 123 cm³/mol. The normalized spacial score (nSPS) is 11.2. The van der Waals surface area contributed by atoms with Crippen LogP contribution in [0.5, 0.6) is 5.75 Å². The van der Waals surface area contributed by atoms with Crippen LogP contribution in [-0.4, -0.2) is 0 Å². The van der Waals surface area contributed by atoms with Crippen LogP contribution in [0.1, 0.15) is 16.7 Å². The Morgan fingerprint density at radius 1 is 0.964 bits per heavy atom. The first-order valence-electron chi connectivity index (χ1n) is 8.20. The van der Waals surface area contributed by atoms with Crippen LogP contribution < -0.4 is 4.74 Å². The molecule has 0 aromatic heterocycles. The van der Waals surface area contributed by atoms with E-state index in [1.807, 2.05) is 42.5 Å². The number of allylic oxidation sites excluding steroid dienone is 1. The smallest absolute Gasteiger partial charge is 0.127 e. The van der Waals surface area contributed by atoms with Gasteiger partial charge in [-0.15, -0.1) is 0 Å². The molecule has 0 amide bonds. The van der Waals surface area contributed by atoms with Gasteiger partial charge in [-0.05, 0) is 54.1 Å². The van der Waals surface area contributed by atoms with Crippen LogP contribution in [0.2, 0.25) is 10.0 Å². The van der Waals surface area contributed by atoms with Gasteiger partial charge >= 0.3 is 0 Å². The number of nitrogens with zero attached hydrogens (tertiary/aromatic N) is 1. The van der Waals surface area contributed by atoms with Crippen LogP contribution in [0.15, 0.2) is 69.6 Å². The van der Waals surface area contributed by atoms with Crippen LogP contribution >= 0.6 is 55.1 Å². The van der Waals surface area contributed by atoms with Crippen molar-refractivity contribution in [2.24, 2.45) is 0 Å². The van der Waals surface area contributed by atoms with Crippen molar-refractivity contribution in [3.63, 3.8) is 0 Å². The van der Waals surface area contributed by atoms with Gasteiger partial charge in [-0.2, -0.15) is 5.26 Å². The van der Waals surface area contributed by atoms with Gasteiger partial charge in [-0.3, -0.25) is 0 Å². The summed E-state index contributed by atoms with van der Waals surface area (Å²) in [5.41, 5.74) is 2.86. The maximum absolute atomic E-state index is 9.66. The minimum Gasteiger partial charge on any atom is -0.488 e. The fourth-order valence-corrected chi connectivity index (χ4v) is 3.69. The number of hydrogen-bond acceptors (Lipinski definition) is 2. The predicted octanol–water partition coefficient (Wildman–Crippen LogP) is 8.16. The highest BCUT2D eigenvalue weighted by molar-refractivity contribution is 9.10. The lowest BCUT2D eigenvalue weighted by Gasteiger charge is -2.11. The van der Waals surface area contributed by atoms with Gasteiger partial charge in [-0.1, -0.05) is 73.3 Å². The third-order valence-electron chi connectivity index (χ3n) is 3.92. The molecule has 0 aliphatic rings. The zero-order chi connectivity index (χ0) is 20.1. The van der Waals surface area contributed by atoms with Crippen LogP contribution in [0.25, 0.3) is 11.6 Å². The summed E-state index contributed by atoms with van der Waals surface area (Å²) in [4.78, 5) is 0. The summed E-state index contributed by atoms with van der Waals surface area (Å²) in [6.07, 6.45) is 1.76. The van der Waals surface area contributed by atoms with Crippen molar-refractivity contribution < 1.29 is 4.74 Å². The second-order valence-electron chi connectivity index (χ2n) is 5.89. The molecule has 3 rings (SSSR count). The molecule has 0 radical (unpaired) electrons. The average molecular weight is 538 g/mol. The number of rotatable bonds is 5. The summed E-state index contributed by atoms with van der Waals surface area (Å²) in [7, 11) is 0. The van der Waals surface area contributed by atoms with Crippen LogP contribution in [0.3, 0.4) is 0 Å². The van der Waals surface area contributed by atoms with Crippen molar-refractivity contribution in [1.82, 2.24) is 0 Å². The lowest BCUT2D eigenvalue weighted by molar-refractivity contribution is 0.305. The molecule has 0 bridgehead atoms. The van der Waals surface area contributed by atoms with Crippen LogP contribution in [-0.2, 0) is 6.61 Å². The Morgan fingerprint density at radius 2 is 1.68 bits per heavy atom. The molecule has 28 heavy (non-hydrogen) atoms. The van der Waals surface area contributed by atoms with Crippen molar-refractivity contribution in [3.05, 3.63) is 96.3 Å². The molecule has 140 valence electrons. The van der Waals surface area contributed by atoms with Gasteiger partial charge in [0.2, 0.25) is 0 Å². The molecule has 0 saturated heterocycles. The van der Waals surface area contributed by atoms with Crippen molar-refractivity contribution in [2.45, 2.75) is 6.61 Å². The van der Waals surface area contributed by atoms with Gasteiger partial charge in [0, 0.05) is 25.1 Å². The summed E-state index contributed by atoms with van der Waals surface area (Å²) in [6.45, 7) is 0.416. The monoisotopic (exact) mass is 535 g/mol. The van der Waals surface area contributed by atoms with Crippen LogP contribution in [0, 0.1) is 11.3 Å². The fraction of sp³-hybridized carbons (Fsp3) is 0.0455. The first-order chi connectivity index (χ1) is 13.5. The minimum absolute atomic E-state index is 0.416. The van der Waals surface area contributed by atoms with Crippen molar-refractivity contribution in [2.75, 3.05) is 0 Å². The lowest BCUT2D eigenvalue weighted by atomic mass is 10.0. The van der Waals surface area contributed by atoms with Gasteiger partial charge in [0.15, 0.2) is 0 Å². The third-order valence-corrected chi connectivity index (χ3v) is 5.49. The Morgan fingerprint density at radius 3 is 2.36 bits per heavy atom. The molecule has 0 atom stereocenters. The molecular weight excluding hydrogens is 525 g/mol. The highest BCUT2D eigenvalue weighted by Crippen LogP contribution is 2.32. The molecule has 3 aromatic rings. The molecule has 0 spiro atoms. The van der Waals surface area contributed by atoms with E-state index < -0.39 is 0 Å². The largest absolute Gasteiger partial charge is 0.488 e. The Labute approximate surface area is 190 Å². The Balaban J connectivity index is 1.93. The van der Waals surface area contributed by atoms with Gasteiger partial charge in [0.25, 0.3) is 0 Å². The van der Waals surface area contributed by atoms with E-state index >= 15 is 0 Å². The molecule has 0 unspecified atom stereocenters. The Hall–Kier alpha value is -1.77. The van der Waals surface area contributed by atoms with E-state index in [0.29, 0.717) is 33.5 Å². The van der Waals surface area contributed by atoms with E-state index in [1.165, 1.54) is 0 Å². The van der Waals surface area contributed by atoms with E-state index in [1.54, 1.807) is 24.3 Å². The first kappa shape index (κ1) is 21.0. The van der Waals surface area contributed by atoms with E-state index in [0.717, 1.165) is 20.1 Å². The van der Waals surface area contributed by atoms with Crippen molar-refractivity contribution in [3.8, 4) is 11.8 Å². The lowest BCUT2D eigenvalue weighted by Crippen LogP contribution is -1.97. The van der Waals surface area contributed by atoms with E-state index in [2.05, 4.69) is 37.9 Å². The number of benzene rings is 3. The summed E-state index contributed by atoms with van der Waals surface area (Å²) in [5, 5.41) is 10.6. The minimum atomic E-state index is 0.416. The SMILES string of the molecule is N#C/C(=C\c1cc(Br)ccc1OCc1ccc(Br)cc1)c1ccc(Cl)cc1Cl. The molecule has 0 aliphatic carbocycles. The second kappa shape index (κ2) is 9.62. The molecule has 0 fully saturated rings. The Bertz CT molecular complexity index is 1070. The van der Waals surface area contributed by atoms with Crippen molar-refractivity contribution in [1.29, 1.82) is 5.26 Å². The maximum atomic E-state index is 9.66. The van der Waals surface area contributed by atoms with Gasteiger partial charge < -0.3 is 4.74 Å². The van der Waals surface area contributed by atoms with E-state index in [4.69, 9.17) is 27.9 Å². The molecule has 6 heteroatoms. The highest BCUT2D eigenvalue weighted by Gasteiger charge is 2.10. The van der Waals surface area contributed by atoms with Crippen molar-refractivity contribution >= 4 is 66.7 Å². The zero-order valence-electron chi connectivity index (χ0n) is 14.4. The molecule has 2 nitrogen and oxygen atoms in total. The number of hydrogen-bond donors (Lipinski definition) is 0. The van der Waals surface area contributed by atoms with Gasteiger partial charge in [0.1, 0.15) is 12.4 Å². The first-order valence-corrected chi connectivity index (χ1v) is 10.5. The maximum Gasteiger partial charge on any atom is 0.127 e. The topological polar surface area (TPSA) is 33.0 Å². The zero-order valence-corrected chi connectivity index (χ0v) is 19.1. The highest BCUT2D eigenvalue weighted by atomic mass is 79.9. The fourth-order valence-electron chi connectivity index (χ4n) is 2.54. The summed E-state index contributed by atoms with van der Waals surface area (Å²) >= 11 is 19.1. The second-order valence-corrected chi connectivity index (χ2v) is 8.57. The summed E-state index contributed by atoms with van der Waals surface area (Å²) < 4.78 is 7.90. The molecule has 0 heterocycles. The summed E-state index contributed by atoms with van der Waals surface area (Å²) in [6, 6.07) is 20.9. The van der Waals surface area contributed by atoms with Crippen LogP contribution in [0.4, 0.5) is 0 Å². The van der Waals surface area contributed by atoms with Gasteiger partial charge in [0.05, 0.1) is 16.7 Å². The van der Waals surface area contributed by atoms with Gasteiger partial charge in [-0.25, -0.2) is 0 Å². The molecule has 0 aliphatic heterocycles. The number of nitriles is 1. The molecule has 3 aromatic carbocycles. The average Bonchev–Trinajstić information content (AvgIpc) is 2.67. The number of halogens is 4. The standard InChI is InChI=1S/C22H13Br2Cl2NO/c23-17-3-1-14(2-4-17)13-28-22-8-5-18(24)10-15(22)9-16(12-27)20-7-6-19(25)11-21(20)26/h1-11H,13H2/b16-9+. The quantitative estimate of drug-likeness (QED) is 0.243. The number of ether oxygens (including phenoxy) is 1. The summed E-state index contributed by atoms with van der Waals surface area (Å²) in [5.74, 6) is 0.670. The third kappa shape index (κ3) is 5.40. The Kier molecular flexibility index (Phi) is 7.20. The molecule has 0 saturated carbocycles. The molecular formula is C22H13Br2Cl2NO.